The normalized spacial score (nSPS) is 16.0. The van der Waals surface area contributed by atoms with Crippen LogP contribution in [0.25, 0.3) is 0 Å². The van der Waals surface area contributed by atoms with Crippen LogP contribution in [0.3, 0.4) is 0 Å². The van der Waals surface area contributed by atoms with E-state index in [-0.39, 0.29) is 0 Å². The number of hydrogen-bond acceptors (Lipinski definition) is 3. The largest absolute Gasteiger partial charge is 0.496 e. The Morgan fingerprint density at radius 2 is 2.18 bits per heavy atom. The zero-order chi connectivity index (χ0) is 12.1. The average Bonchev–Trinajstić information content (AvgIpc) is 2.58. The lowest BCUT2D eigenvalue weighted by Crippen LogP contribution is -2.11. The molecule has 1 aromatic rings. The van der Waals surface area contributed by atoms with Gasteiger partial charge in [0.1, 0.15) is 11.6 Å². The van der Waals surface area contributed by atoms with Gasteiger partial charge in [-0.05, 0) is 47.0 Å². The molecule has 4 heteroatoms. The van der Waals surface area contributed by atoms with Gasteiger partial charge in [-0.2, -0.15) is 0 Å². The fraction of sp³-hybridized carbons (Fsp3) is 0.462. The van der Waals surface area contributed by atoms with E-state index in [1.807, 2.05) is 18.2 Å². The number of halogens is 1. The molecule has 0 atom stereocenters. The number of nitrogens with zero attached hydrogens (tertiary/aromatic N) is 1. The van der Waals surface area contributed by atoms with Crippen molar-refractivity contribution in [3.63, 3.8) is 0 Å². The fourth-order valence-corrected chi connectivity index (χ4v) is 2.43. The zero-order valence-corrected chi connectivity index (χ0v) is 11.6. The Morgan fingerprint density at radius 1 is 1.29 bits per heavy atom. The van der Waals surface area contributed by atoms with Crippen LogP contribution in [0.1, 0.15) is 25.7 Å². The molecule has 0 spiro atoms. The second-order valence-corrected chi connectivity index (χ2v) is 4.97. The molecule has 0 radical (unpaired) electrons. The molecule has 2 rings (SSSR count). The van der Waals surface area contributed by atoms with Crippen LogP contribution in [0.5, 0.6) is 5.75 Å². The average molecular weight is 297 g/mol. The van der Waals surface area contributed by atoms with E-state index in [0.717, 1.165) is 34.7 Å². The molecule has 1 heterocycles. The number of rotatable bonds is 2. The van der Waals surface area contributed by atoms with Gasteiger partial charge in [0.15, 0.2) is 0 Å². The SMILES string of the molecule is COc1ccc(NC2=NCCCCC2)cc1Br. The highest BCUT2D eigenvalue weighted by molar-refractivity contribution is 9.10. The Hall–Kier alpha value is -1.03. The lowest BCUT2D eigenvalue weighted by atomic mass is 10.2. The number of hydrogen-bond donors (Lipinski definition) is 1. The molecule has 0 aromatic heterocycles. The predicted molar refractivity (Wildman–Crippen MR) is 75.1 cm³/mol. The van der Waals surface area contributed by atoms with E-state index in [1.165, 1.54) is 19.3 Å². The van der Waals surface area contributed by atoms with Crippen molar-refractivity contribution in [1.82, 2.24) is 0 Å². The third-order valence-corrected chi connectivity index (χ3v) is 3.43. The van der Waals surface area contributed by atoms with Gasteiger partial charge < -0.3 is 10.1 Å². The van der Waals surface area contributed by atoms with E-state index >= 15 is 0 Å². The maximum Gasteiger partial charge on any atom is 0.133 e. The van der Waals surface area contributed by atoms with E-state index in [9.17, 15) is 0 Å². The van der Waals surface area contributed by atoms with Gasteiger partial charge in [0.2, 0.25) is 0 Å². The molecule has 1 aromatic carbocycles. The molecule has 1 aliphatic heterocycles. The smallest absolute Gasteiger partial charge is 0.133 e. The van der Waals surface area contributed by atoms with Crippen molar-refractivity contribution in [1.29, 1.82) is 0 Å². The summed E-state index contributed by atoms with van der Waals surface area (Å²) in [6.07, 6.45) is 4.76. The van der Waals surface area contributed by atoms with Crippen LogP contribution in [-0.2, 0) is 0 Å². The van der Waals surface area contributed by atoms with Gasteiger partial charge in [0.25, 0.3) is 0 Å². The summed E-state index contributed by atoms with van der Waals surface area (Å²) in [7, 11) is 1.67. The molecular formula is C13H17BrN2O. The Kier molecular flexibility index (Phi) is 4.42. The topological polar surface area (TPSA) is 33.6 Å². The highest BCUT2D eigenvalue weighted by Crippen LogP contribution is 2.28. The first kappa shape index (κ1) is 12.4. The van der Waals surface area contributed by atoms with Crippen LogP contribution in [-0.4, -0.2) is 19.5 Å². The van der Waals surface area contributed by atoms with Crippen molar-refractivity contribution in [3.05, 3.63) is 22.7 Å². The van der Waals surface area contributed by atoms with Gasteiger partial charge in [0, 0.05) is 18.7 Å². The minimum Gasteiger partial charge on any atom is -0.496 e. The van der Waals surface area contributed by atoms with Gasteiger partial charge >= 0.3 is 0 Å². The summed E-state index contributed by atoms with van der Waals surface area (Å²) >= 11 is 3.48. The first-order chi connectivity index (χ1) is 8.29. The Morgan fingerprint density at radius 3 is 2.94 bits per heavy atom. The maximum absolute atomic E-state index is 5.21. The van der Waals surface area contributed by atoms with Gasteiger partial charge in [-0.25, -0.2) is 0 Å². The molecule has 0 bridgehead atoms. The predicted octanol–water partition coefficient (Wildman–Crippen LogP) is 3.84. The van der Waals surface area contributed by atoms with E-state index in [0.29, 0.717) is 0 Å². The second kappa shape index (κ2) is 6.05. The lowest BCUT2D eigenvalue weighted by Gasteiger charge is -2.10. The first-order valence-electron chi connectivity index (χ1n) is 5.93. The minimum atomic E-state index is 0.846. The van der Waals surface area contributed by atoms with Gasteiger partial charge in [-0.1, -0.05) is 6.42 Å². The quantitative estimate of drug-likeness (QED) is 0.899. The van der Waals surface area contributed by atoms with Crippen molar-refractivity contribution in [2.45, 2.75) is 25.7 Å². The highest BCUT2D eigenvalue weighted by atomic mass is 79.9. The third-order valence-electron chi connectivity index (χ3n) is 2.81. The third kappa shape index (κ3) is 3.46. The van der Waals surface area contributed by atoms with Gasteiger partial charge in [0.05, 0.1) is 11.6 Å². The Bertz CT molecular complexity index is 418. The van der Waals surface area contributed by atoms with Gasteiger partial charge in [-0.3, -0.25) is 4.99 Å². The molecule has 0 amide bonds. The van der Waals surface area contributed by atoms with Crippen molar-refractivity contribution in [2.24, 2.45) is 4.99 Å². The molecule has 0 unspecified atom stereocenters. The molecule has 17 heavy (non-hydrogen) atoms. The highest BCUT2D eigenvalue weighted by Gasteiger charge is 2.06. The van der Waals surface area contributed by atoms with Crippen LogP contribution in [0.4, 0.5) is 5.69 Å². The molecule has 1 N–H and O–H groups in total. The Labute approximate surface area is 110 Å². The van der Waals surface area contributed by atoms with Crippen molar-refractivity contribution >= 4 is 27.5 Å². The molecule has 92 valence electrons. The molecule has 1 aliphatic rings. The number of benzene rings is 1. The van der Waals surface area contributed by atoms with E-state index in [1.54, 1.807) is 7.11 Å². The molecule has 3 nitrogen and oxygen atoms in total. The van der Waals surface area contributed by atoms with Crippen LogP contribution in [0.15, 0.2) is 27.7 Å². The number of methoxy groups -OCH3 is 1. The minimum absolute atomic E-state index is 0.846. The maximum atomic E-state index is 5.21. The number of nitrogens with one attached hydrogen (secondary N) is 1. The molecule has 0 fully saturated rings. The molecule has 0 saturated heterocycles. The summed E-state index contributed by atoms with van der Waals surface area (Å²) in [4.78, 5) is 4.55. The monoisotopic (exact) mass is 296 g/mol. The summed E-state index contributed by atoms with van der Waals surface area (Å²) in [6, 6.07) is 5.98. The summed E-state index contributed by atoms with van der Waals surface area (Å²) in [5.74, 6) is 1.94. The number of aliphatic imine (C=N–C) groups is 1. The summed E-state index contributed by atoms with van der Waals surface area (Å²) in [6.45, 7) is 0.944. The fourth-order valence-electron chi connectivity index (χ4n) is 1.89. The summed E-state index contributed by atoms with van der Waals surface area (Å²) < 4.78 is 6.16. The summed E-state index contributed by atoms with van der Waals surface area (Å²) in [5, 5.41) is 3.38. The van der Waals surface area contributed by atoms with Crippen molar-refractivity contribution < 1.29 is 4.74 Å². The van der Waals surface area contributed by atoms with Crippen LogP contribution < -0.4 is 10.1 Å². The first-order valence-corrected chi connectivity index (χ1v) is 6.73. The zero-order valence-electron chi connectivity index (χ0n) is 10.0. The Balaban J connectivity index is 2.07. The summed E-state index contributed by atoms with van der Waals surface area (Å²) in [5.41, 5.74) is 1.05. The number of amidine groups is 1. The van der Waals surface area contributed by atoms with Crippen molar-refractivity contribution in [3.8, 4) is 5.75 Å². The van der Waals surface area contributed by atoms with Crippen LogP contribution >= 0.6 is 15.9 Å². The standard InChI is InChI=1S/C13H17BrN2O/c1-17-12-7-6-10(9-11(12)14)16-13-5-3-2-4-8-15-13/h6-7,9H,2-5,8H2,1H3,(H,15,16). The van der Waals surface area contributed by atoms with Crippen molar-refractivity contribution in [2.75, 3.05) is 19.0 Å². The molecule has 0 aliphatic carbocycles. The van der Waals surface area contributed by atoms with Gasteiger partial charge in [-0.15, -0.1) is 0 Å². The van der Waals surface area contributed by atoms with E-state index in [2.05, 4.69) is 26.2 Å². The van der Waals surface area contributed by atoms with E-state index < -0.39 is 0 Å². The van der Waals surface area contributed by atoms with E-state index in [4.69, 9.17) is 4.74 Å². The number of anilines is 1. The second-order valence-electron chi connectivity index (χ2n) is 4.11. The van der Waals surface area contributed by atoms with Crippen LogP contribution in [0.2, 0.25) is 0 Å². The lowest BCUT2D eigenvalue weighted by molar-refractivity contribution is 0.412. The molecular weight excluding hydrogens is 280 g/mol. The molecule has 0 saturated carbocycles. The number of ether oxygens (including phenoxy) is 1. The van der Waals surface area contributed by atoms with Crippen LogP contribution in [0, 0.1) is 0 Å².